The van der Waals surface area contributed by atoms with Crippen molar-refractivity contribution >= 4 is 0 Å². The first-order valence-corrected chi connectivity index (χ1v) is 4.91. The van der Waals surface area contributed by atoms with Crippen LogP contribution in [0.1, 0.15) is 18.1 Å². The Morgan fingerprint density at radius 1 is 1.18 bits per heavy atom. The average Bonchev–Trinajstić information content (AvgIpc) is 2.19. The minimum Gasteiger partial charge on any atom is -0.481 e. The Hall–Kier alpha value is -1.33. The first-order valence-electron chi connectivity index (χ1n) is 4.91. The van der Waals surface area contributed by atoms with Crippen molar-refractivity contribution < 1.29 is 26.7 Å². The number of hydrogen-bond acceptors (Lipinski definition) is 1. The highest BCUT2D eigenvalue weighted by molar-refractivity contribution is 5.44. The zero-order valence-corrected chi connectivity index (χ0v) is 9.03. The van der Waals surface area contributed by atoms with Crippen LogP contribution >= 0.6 is 0 Å². The molecule has 1 aromatic carbocycles. The third-order valence-corrected chi connectivity index (χ3v) is 2.75. The topological polar surface area (TPSA) is 9.23 Å². The molecular formula is C11H9F5O. The second-order valence-electron chi connectivity index (χ2n) is 4.08. The highest BCUT2D eigenvalue weighted by Crippen LogP contribution is 2.53. The molecule has 1 aromatic rings. The van der Waals surface area contributed by atoms with Gasteiger partial charge in [0.1, 0.15) is 0 Å². The van der Waals surface area contributed by atoms with Gasteiger partial charge in [0.2, 0.25) is 0 Å². The van der Waals surface area contributed by atoms with Crippen LogP contribution in [0, 0.1) is 12.7 Å². The summed E-state index contributed by atoms with van der Waals surface area (Å²) >= 11 is 0. The van der Waals surface area contributed by atoms with E-state index in [2.05, 4.69) is 4.74 Å². The lowest BCUT2D eigenvalue weighted by Crippen LogP contribution is -2.52. The van der Waals surface area contributed by atoms with Crippen molar-refractivity contribution in [3.8, 4) is 5.75 Å². The molecule has 2 rings (SSSR count). The second kappa shape index (κ2) is 3.34. The molecule has 1 aliphatic rings. The lowest BCUT2D eigenvalue weighted by atomic mass is 9.93. The molecule has 0 saturated carbocycles. The highest BCUT2D eigenvalue weighted by Gasteiger charge is 2.66. The lowest BCUT2D eigenvalue weighted by Gasteiger charge is -2.37. The summed E-state index contributed by atoms with van der Waals surface area (Å²) in [6.45, 7) is 2.13. The molecule has 0 amide bonds. The Kier molecular flexibility index (Phi) is 2.38. The fraction of sp³-hybridized carbons (Fsp3) is 0.455. The maximum Gasteiger partial charge on any atom is 0.350 e. The van der Waals surface area contributed by atoms with Gasteiger partial charge < -0.3 is 4.74 Å². The van der Waals surface area contributed by atoms with Crippen LogP contribution < -0.4 is 4.74 Å². The molecule has 17 heavy (non-hydrogen) atoms. The van der Waals surface area contributed by atoms with Gasteiger partial charge in [0.15, 0.2) is 17.7 Å². The van der Waals surface area contributed by atoms with Gasteiger partial charge in [-0.15, -0.1) is 0 Å². The molecule has 1 nitrogen and oxygen atoms in total. The predicted molar refractivity (Wildman–Crippen MR) is 50.1 cm³/mol. The molecular weight excluding hydrogens is 243 g/mol. The Morgan fingerprint density at radius 3 is 2.35 bits per heavy atom. The second-order valence-corrected chi connectivity index (χ2v) is 4.08. The highest BCUT2D eigenvalue weighted by atomic mass is 19.3. The Bertz CT molecular complexity index is 469. The predicted octanol–water partition coefficient (Wildman–Crippen LogP) is 3.64. The van der Waals surface area contributed by atoms with Gasteiger partial charge in [-0.2, -0.15) is 17.6 Å². The van der Waals surface area contributed by atoms with Crippen molar-refractivity contribution in [1.82, 2.24) is 0 Å². The minimum atomic E-state index is -4.44. The van der Waals surface area contributed by atoms with Crippen molar-refractivity contribution in [3.05, 3.63) is 29.1 Å². The lowest BCUT2D eigenvalue weighted by molar-refractivity contribution is -0.263. The maximum absolute atomic E-state index is 13.6. The average molecular weight is 252 g/mol. The van der Waals surface area contributed by atoms with Crippen LogP contribution in [0.2, 0.25) is 0 Å². The summed E-state index contributed by atoms with van der Waals surface area (Å²) in [4.78, 5) is 0. The number of halogens is 5. The molecule has 0 aromatic heterocycles. The van der Waals surface area contributed by atoms with Gasteiger partial charge >= 0.3 is 11.8 Å². The van der Waals surface area contributed by atoms with Crippen LogP contribution in [0.3, 0.4) is 0 Å². The van der Waals surface area contributed by atoms with E-state index >= 15 is 0 Å². The molecule has 1 unspecified atom stereocenters. The van der Waals surface area contributed by atoms with Gasteiger partial charge in [0, 0.05) is 0 Å². The maximum atomic E-state index is 13.6. The zero-order chi connectivity index (χ0) is 13.0. The SMILES string of the molecule is Cc1cc(F)c2c(c1)C(F)(F)C(F)(F)C(C)O2. The molecule has 6 heteroatoms. The third-order valence-electron chi connectivity index (χ3n) is 2.75. The number of benzene rings is 1. The van der Waals surface area contributed by atoms with Crippen LogP contribution in [0.15, 0.2) is 12.1 Å². The number of rotatable bonds is 0. The van der Waals surface area contributed by atoms with Crippen LogP contribution in [0.4, 0.5) is 22.0 Å². The molecule has 0 saturated heterocycles. The summed E-state index contributed by atoms with van der Waals surface area (Å²) in [5.41, 5.74) is -0.965. The zero-order valence-electron chi connectivity index (χ0n) is 9.03. The van der Waals surface area contributed by atoms with Crippen LogP contribution in [-0.4, -0.2) is 12.0 Å². The third kappa shape index (κ3) is 1.50. The van der Waals surface area contributed by atoms with E-state index in [1.807, 2.05) is 0 Å². The van der Waals surface area contributed by atoms with Gasteiger partial charge in [0.05, 0.1) is 5.56 Å². The Balaban J connectivity index is 2.71. The van der Waals surface area contributed by atoms with Gasteiger partial charge in [-0.05, 0) is 31.5 Å². The van der Waals surface area contributed by atoms with E-state index in [1.54, 1.807) is 0 Å². The molecule has 0 aliphatic carbocycles. The monoisotopic (exact) mass is 252 g/mol. The summed E-state index contributed by atoms with van der Waals surface area (Å²) in [7, 11) is 0. The quantitative estimate of drug-likeness (QED) is 0.640. The van der Waals surface area contributed by atoms with Crippen molar-refractivity contribution in [1.29, 1.82) is 0 Å². The fourth-order valence-electron chi connectivity index (χ4n) is 1.77. The molecule has 0 radical (unpaired) electrons. The summed E-state index contributed by atoms with van der Waals surface area (Å²) in [6, 6.07) is 1.78. The molecule has 0 bridgehead atoms. The number of alkyl halides is 4. The first kappa shape index (κ1) is 12.1. The summed E-state index contributed by atoms with van der Waals surface area (Å²) in [5.74, 6) is -10.6. The molecule has 1 atom stereocenters. The minimum absolute atomic E-state index is 0.134. The van der Waals surface area contributed by atoms with Gasteiger partial charge in [-0.1, -0.05) is 0 Å². The van der Waals surface area contributed by atoms with E-state index in [4.69, 9.17) is 0 Å². The first-order chi connectivity index (χ1) is 7.68. The molecule has 94 valence electrons. The largest absolute Gasteiger partial charge is 0.481 e. The molecule has 0 spiro atoms. The summed E-state index contributed by atoms with van der Waals surface area (Å²) in [6.07, 6.45) is -2.08. The molecule has 0 fully saturated rings. The Labute approximate surface area is 94.2 Å². The smallest absolute Gasteiger partial charge is 0.350 e. The van der Waals surface area contributed by atoms with Gasteiger partial charge in [0.25, 0.3) is 0 Å². The number of aryl methyl sites for hydroxylation is 1. The van der Waals surface area contributed by atoms with Crippen LogP contribution in [0.5, 0.6) is 5.75 Å². The van der Waals surface area contributed by atoms with E-state index in [0.29, 0.717) is 0 Å². The standard InChI is InChI=1S/C11H9F5O/c1-5-3-7-9(8(12)4-5)17-6(2)10(13,14)11(7,15)16/h3-4,6H,1-2H3. The van der Waals surface area contributed by atoms with Crippen molar-refractivity contribution in [3.63, 3.8) is 0 Å². The molecule has 1 aliphatic heterocycles. The van der Waals surface area contributed by atoms with Gasteiger partial charge in [-0.3, -0.25) is 0 Å². The van der Waals surface area contributed by atoms with E-state index in [9.17, 15) is 22.0 Å². The van der Waals surface area contributed by atoms with Crippen molar-refractivity contribution in [2.45, 2.75) is 31.8 Å². The summed E-state index contributed by atoms with van der Waals surface area (Å²) in [5, 5.41) is 0. The van der Waals surface area contributed by atoms with E-state index in [-0.39, 0.29) is 5.56 Å². The van der Waals surface area contributed by atoms with Crippen molar-refractivity contribution in [2.75, 3.05) is 0 Å². The number of ether oxygens (including phenoxy) is 1. The molecule has 1 heterocycles. The molecule has 0 N–H and O–H groups in total. The van der Waals surface area contributed by atoms with E-state index < -0.39 is 35.1 Å². The van der Waals surface area contributed by atoms with E-state index in [0.717, 1.165) is 19.1 Å². The summed E-state index contributed by atoms with van der Waals surface area (Å²) < 4.78 is 71.8. The van der Waals surface area contributed by atoms with Crippen LogP contribution in [-0.2, 0) is 5.92 Å². The Morgan fingerprint density at radius 2 is 1.76 bits per heavy atom. The van der Waals surface area contributed by atoms with E-state index in [1.165, 1.54) is 6.92 Å². The number of hydrogen-bond donors (Lipinski definition) is 0. The fourth-order valence-corrected chi connectivity index (χ4v) is 1.77. The normalized spacial score (nSPS) is 25.0. The number of fused-ring (bicyclic) bond motifs is 1. The van der Waals surface area contributed by atoms with Crippen LogP contribution in [0.25, 0.3) is 0 Å². The van der Waals surface area contributed by atoms with Gasteiger partial charge in [-0.25, -0.2) is 4.39 Å². The van der Waals surface area contributed by atoms with Crippen molar-refractivity contribution in [2.24, 2.45) is 0 Å².